The molecular weight excluding hydrogens is 345 g/mol. The molecule has 0 spiro atoms. The fraction of sp³-hybridized carbons (Fsp3) is 0.350. The van der Waals surface area contributed by atoms with Crippen molar-refractivity contribution in [1.82, 2.24) is 20.3 Å². The van der Waals surface area contributed by atoms with Crippen LogP contribution in [0.15, 0.2) is 48.5 Å². The van der Waals surface area contributed by atoms with E-state index in [0.717, 1.165) is 42.5 Å². The zero-order valence-corrected chi connectivity index (χ0v) is 15.1. The Morgan fingerprint density at radius 2 is 1.89 bits per heavy atom. The maximum absolute atomic E-state index is 12.9. The van der Waals surface area contributed by atoms with Gasteiger partial charge in [0.2, 0.25) is 0 Å². The summed E-state index contributed by atoms with van der Waals surface area (Å²) < 4.78 is 14.9. The topological polar surface area (TPSA) is 64.2 Å². The molecule has 140 valence electrons. The molecule has 0 unspecified atom stereocenters. The van der Waals surface area contributed by atoms with Crippen LogP contribution in [0.1, 0.15) is 24.4 Å². The van der Waals surface area contributed by atoms with Gasteiger partial charge in [0.1, 0.15) is 11.3 Å². The van der Waals surface area contributed by atoms with Crippen LogP contribution in [0.2, 0.25) is 0 Å². The molecule has 0 radical (unpaired) electrons. The van der Waals surface area contributed by atoms with Crippen molar-refractivity contribution in [2.75, 3.05) is 19.6 Å². The van der Waals surface area contributed by atoms with Crippen LogP contribution < -0.4 is 10.2 Å². The number of nitrogens with zero attached hydrogens (tertiary/aromatic N) is 3. The van der Waals surface area contributed by atoms with E-state index in [1.54, 1.807) is 12.1 Å². The van der Waals surface area contributed by atoms with Crippen LogP contribution in [0.25, 0.3) is 11.0 Å². The summed E-state index contributed by atoms with van der Waals surface area (Å²) in [5, 5.41) is 11.5. The molecule has 1 fully saturated rings. The van der Waals surface area contributed by atoms with Crippen molar-refractivity contribution in [1.29, 1.82) is 0 Å². The Morgan fingerprint density at radius 3 is 2.67 bits per heavy atom. The minimum Gasteiger partial charge on any atom is -0.347 e. The minimum atomic E-state index is -0.266. The zero-order valence-electron chi connectivity index (χ0n) is 15.1. The Bertz CT molecular complexity index is 916. The summed E-state index contributed by atoms with van der Waals surface area (Å²) in [6.45, 7) is 2.76. The average Bonchev–Trinajstić information content (AvgIpc) is 3.12. The number of amides is 1. The Labute approximate surface area is 157 Å². The number of para-hydroxylation sites is 1. The number of quaternary nitrogens is 1. The third-order valence-corrected chi connectivity index (χ3v) is 5.20. The van der Waals surface area contributed by atoms with Gasteiger partial charge in [0, 0.05) is 19.4 Å². The van der Waals surface area contributed by atoms with Crippen molar-refractivity contribution in [3.63, 3.8) is 0 Å². The highest BCUT2D eigenvalue weighted by Gasteiger charge is 2.26. The van der Waals surface area contributed by atoms with Gasteiger partial charge >= 0.3 is 0 Å². The molecule has 4 rings (SSSR count). The van der Waals surface area contributed by atoms with E-state index in [0.29, 0.717) is 19.1 Å². The van der Waals surface area contributed by atoms with E-state index in [-0.39, 0.29) is 11.7 Å². The molecule has 1 aliphatic heterocycles. The van der Waals surface area contributed by atoms with E-state index >= 15 is 0 Å². The van der Waals surface area contributed by atoms with E-state index in [1.807, 2.05) is 22.9 Å². The number of fused-ring (bicyclic) bond motifs is 1. The number of likely N-dealkylation sites (tertiary alicyclic amines) is 1. The summed E-state index contributed by atoms with van der Waals surface area (Å²) in [7, 11) is 0. The molecular formula is C20H23FN5O+. The number of halogens is 1. The quantitative estimate of drug-likeness (QED) is 0.709. The van der Waals surface area contributed by atoms with Crippen LogP contribution in [0.3, 0.4) is 0 Å². The van der Waals surface area contributed by atoms with E-state index in [9.17, 15) is 9.18 Å². The summed E-state index contributed by atoms with van der Waals surface area (Å²) in [6.07, 6.45) is 1.96. The smallest absolute Gasteiger partial charge is 0.275 e. The predicted molar refractivity (Wildman–Crippen MR) is 99.6 cm³/mol. The first-order valence-electron chi connectivity index (χ1n) is 9.34. The number of hydrogen-bond donors (Lipinski definition) is 2. The number of piperidine rings is 1. The van der Waals surface area contributed by atoms with Crippen LogP contribution >= 0.6 is 0 Å². The van der Waals surface area contributed by atoms with Gasteiger partial charge < -0.3 is 10.2 Å². The summed E-state index contributed by atoms with van der Waals surface area (Å²) in [4.78, 5) is 13.5. The summed E-state index contributed by atoms with van der Waals surface area (Å²) in [5.74, 6) is -0.239. The summed E-state index contributed by atoms with van der Waals surface area (Å²) >= 11 is 0. The maximum Gasteiger partial charge on any atom is 0.275 e. The highest BCUT2D eigenvalue weighted by Crippen LogP contribution is 2.21. The number of nitrogens with one attached hydrogen (secondary N) is 2. The maximum atomic E-state index is 12.9. The lowest BCUT2D eigenvalue weighted by Crippen LogP contribution is -3.14. The van der Waals surface area contributed by atoms with Gasteiger partial charge in [-0.05, 0) is 29.8 Å². The summed E-state index contributed by atoms with van der Waals surface area (Å²) in [5.41, 5.74) is 2.90. The van der Waals surface area contributed by atoms with E-state index in [1.165, 1.54) is 17.0 Å². The van der Waals surface area contributed by atoms with Crippen LogP contribution in [0.4, 0.5) is 4.39 Å². The number of rotatable bonds is 5. The first-order valence-corrected chi connectivity index (χ1v) is 9.34. The fourth-order valence-electron chi connectivity index (χ4n) is 3.68. The Kier molecular flexibility index (Phi) is 5.11. The van der Waals surface area contributed by atoms with Crippen LogP contribution in [0.5, 0.6) is 0 Å². The van der Waals surface area contributed by atoms with Gasteiger partial charge in [-0.1, -0.05) is 29.5 Å². The molecule has 2 heterocycles. The Morgan fingerprint density at radius 1 is 1.15 bits per heavy atom. The number of benzene rings is 2. The zero-order chi connectivity index (χ0) is 18.6. The van der Waals surface area contributed by atoms with Crippen LogP contribution in [0, 0.1) is 5.82 Å². The Hall–Kier alpha value is -2.80. The largest absolute Gasteiger partial charge is 0.347 e. The highest BCUT2D eigenvalue weighted by molar-refractivity contribution is 5.76. The highest BCUT2D eigenvalue weighted by atomic mass is 19.1. The fourth-order valence-corrected chi connectivity index (χ4v) is 3.68. The number of carbonyl (C=O) groups excluding carboxylic acids is 1. The molecule has 1 aromatic heterocycles. The molecule has 1 amide bonds. The molecule has 0 bridgehead atoms. The normalized spacial score (nSPS) is 19.9. The lowest BCUT2D eigenvalue weighted by molar-refractivity contribution is -0.897. The average molecular weight is 368 g/mol. The van der Waals surface area contributed by atoms with Crippen LogP contribution in [-0.2, 0) is 11.3 Å². The molecule has 0 saturated carbocycles. The van der Waals surface area contributed by atoms with Gasteiger partial charge in [0.05, 0.1) is 24.6 Å². The van der Waals surface area contributed by atoms with Gasteiger partial charge in [-0.25, -0.2) is 9.07 Å². The molecule has 7 heteroatoms. The summed E-state index contributed by atoms with van der Waals surface area (Å²) in [6, 6.07) is 14.5. The van der Waals surface area contributed by atoms with Crippen molar-refractivity contribution < 1.29 is 14.1 Å². The number of aromatic nitrogens is 3. The molecule has 0 aliphatic carbocycles. The standard InChI is InChI=1S/C20H22FN5O/c21-16-7-5-15(6-8-16)13-22-20(27)14-25-11-9-17(10-12-25)26-19-4-2-1-3-18(19)23-24-26/h1-8,17H,9-14H2,(H,22,27)/p+1. The van der Waals surface area contributed by atoms with E-state index in [4.69, 9.17) is 0 Å². The SMILES string of the molecule is O=C(C[NH+]1CCC(n2nnc3ccccc32)CC1)NCc1ccc(F)cc1. The van der Waals surface area contributed by atoms with Gasteiger partial charge in [0.25, 0.3) is 5.91 Å². The lowest BCUT2D eigenvalue weighted by atomic mass is 10.0. The van der Waals surface area contributed by atoms with Gasteiger partial charge in [0.15, 0.2) is 6.54 Å². The molecule has 27 heavy (non-hydrogen) atoms. The lowest BCUT2D eigenvalue weighted by Gasteiger charge is -2.29. The van der Waals surface area contributed by atoms with Crippen molar-refractivity contribution in [2.45, 2.75) is 25.4 Å². The minimum absolute atomic E-state index is 0.0268. The first-order chi connectivity index (χ1) is 13.2. The molecule has 3 aromatic rings. The van der Waals surface area contributed by atoms with Gasteiger partial charge in [-0.3, -0.25) is 4.79 Å². The molecule has 2 N–H and O–H groups in total. The predicted octanol–water partition coefficient (Wildman–Crippen LogP) is 1.11. The molecule has 2 aromatic carbocycles. The second-order valence-electron chi connectivity index (χ2n) is 7.08. The monoisotopic (exact) mass is 368 g/mol. The third kappa shape index (κ3) is 4.14. The number of hydrogen-bond acceptors (Lipinski definition) is 3. The third-order valence-electron chi connectivity index (χ3n) is 5.20. The van der Waals surface area contributed by atoms with Crippen molar-refractivity contribution in [2.24, 2.45) is 0 Å². The van der Waals surface area contributed by atoms with Crippen molar-refractivity contribution >= 4 is 16.9 Å². The van der Waals surface area contributed by atoms with Gasteiger partial charge in [-0.2, -0.15) is 0 Å². The molecule has 1 aliphatic rings. The molecule has 0 atom stereocenters. The Balaban J connectivity index is 1.26. The van der Waals surface area contributed by atoms with E-state index < -0.39 is 0 Å². The van der Waals surface area contributed by atoms with Crippen molar-refractivity contribution in [3.8, 4) is 0 Å². The molecule has 6 nitrogen and oxygen atoms in total. The second-order valence-corrected chi connectivity index (χ2v) is 7.08. The number of carbonyl (C=O) groups is 1. The molecule has 1 saturated heterocycles. The van der Waals surface area contributed by atoms with Crippen LogP contribution in [-0.4, -0.2) is 40.5 Å². The second kappa shape index (κ2) is 7.84. The van der Waals surface area contributed by atoms with E-state index in [2.05, 4.69) is 21.7 Å². The first kappa shape index (κ1) is 17.6. The van der Waals surface area contributed by atoms with Crippen molar-refractivity contribution in [3.05, 3.63) is 59.9 Å². The van der Waals surface area contributed by atoms with Gasteiger partial charge in [-0.15, -0.1) is 5.10 Å².